The van der Waals surface area contributed by atoms with Gasteiger partial charge in [0.05, 0.1) is 0 Å². The summed E-state index contributed by atoms with van der Waals surface area (Å²) in [5, 5.41) is 12.6. The first-order chi connectivity index (χ1) is 10.9. The fourth-order valence-electron chi connectivity index (χ4n) is 2.41. The number of carbonyl (C=O) groups is 2. The minimum atomic E-state index is -2.97. The van der Waals surface area contributed by atoms with Crippen molar-refractivity contribution >= 4 is 22.9 Å². The van der Waals surface area contributed by atoms with E-state index in [1.54, 1.807) is 29.6 Å². The van der Waals surface area contributed by atoms with Crippen molar-refractivity contribution in [1.82, 2.24) is 0 Å². The summed E-state index contributed by atoms with van der Waals surface area (Å²) in [7, 11) is 0. The minimum absolute atomic E-state index is 0.00936. The highest BCUT2D eigenvalue weighted by Gasteiger charge is 2.54. The lowest BCUT2D eigenvalue weighted by molar-refractivity contribution is -0.485. The predicted octanol–water partition coefficient (Wildman–Crippen LogP) is 3.29. The third kappa shape index (κ3) is 3.34. The van der Waals surface area contributed by atoms with Crippen molar-refractivity contribution in [3.05, 3.63) is 68.4 Å². The van der Waals surface area contributed by atoms with E-state index in [-0.39, 0.29) is 5.56 Å². The number of thiophene rings is 1. The molecule has 1 heterocycles. The van der Waals surface area contributed by atoms with Gasteiger partial charge in [0, 0.05) is 15.4 Å². The van der Waals surface area contributed by atoms with Crippen molar-refractivity contribution in [1.29, 1.82) is 0 Å². The maximum Gasteiger partial charge on any atom is 0.244 e. The van der Waals surface area contributed by atoms with Gasteiger partial charge in [0.15, 0.2) is 5.78 Å². The number of alkyl halides is 1. The van der Waals surface area contributed by atoms with Crippen LogP contribution in [0.3, 0.4) is 0 Å². The molecule has 1 aromatic heterocycles. The number of halogens is 1. The fraction of sp³-hybridized carbons (Fsp3) is 0.250. The second-order valence-electron chi connectivity index (χ2n) is 5.05. The molecule has 2 aromatic rings. The molecule has 23 heavy (non-hydrogen) atoms. The zero-order valence-electron chi connectivity index (χ0n) is 12.3. The van der Waals surface area contributed by atoms with Crippen molar-refractivity contribution in [3.8, 4) is 0 Å². The van der Waals surface area contributed by atoms with Crippen molar-refractivity contribution < 1.29 is 18.9 Å². The predicted molar refractivity (Wildman–Crippen MR) is 84.2 cm³/mol. The number of hydrogen-bond acceptors (Lipinski definition) is 5. The van der Waals surface area contributed by atoms with Crippen LogP contribution in [-0.4, -0.2) is 28.7 Å². The number of carbonyl (C=O) groups excluding carboxylic acids is 2. The van der Waals surface area contributed by atoms with E-state index >= 15 is 4.39 Å². The Labute approximate surface area is 135 Å². The summed E-state index contributed by atoms with van der Waals surface area (Å²) in [5.74, 6) is -3.54. The average Bonchev–Trinajstić information content (AvgIpc) is 3.05. The molecule has 0 amide bonds. The largest absolute Gasteiger partial charge is 0.296 e. The van der Waals surface area contributed by atoms with E-state index in [1.165, 1.54) is 18.2 Å². The Balaban J connectivity index is 2.54. The topological polar surface area (TPSA) is 77.3 Å². The van der Waals surface area contributed by atoms with Gasteiger partial charge in [0.2, 0.25) is 18.0 Å². The fourth-order valence-corrected chi connectivity index (χ4v) is 3.29. The van der Waals surface area contributed by atoms with Crippen LogP contribution in [0.15, 0.2) is 47.8 Å². The van der Waals surface area contributed by atoms with Crippen LogP contribution in [0.4, 0.5) is 4.39 Å². The highest BCUT2D eigenvalue weighted by Crippen LogP contribution is 2.38. The lowest BCUT2D eigenvalue weighted by Gasteiger charge is -2.27. The summed E-state index contributed by atoms with van der Waals surface area (Å²) in [6.07, 6.45) is 0. The number of hydrogen-bond donors (Lipinski definition) is 0. The number of ketones is 2. The van der Waals surface area contributed by atoms with Crippen molar-refractivity contribution in [2.45, 2.75) is 18.5 Å². The molecule has 0 N–H and O–H groups in total. The van der Waals surface area contributed by atoms with Crippen molar-refractivity contribution in [3.63, 3.8) is 0 Å². The van der Waals surface area contributed by atoms with Gasteiger partial charge in [-0.1, -0.05) is 36.4 Å². The molecule has 2 rings (SSSR count). The number of benzene rings is 1. The molecule has 0 aliphatic rings. The summed E-state index contributed by atoms with van der Waals surface area (Å²) >= 11 is 1.08. The summed E-state index contributed by atoms with van der Waals surface area (Å²) < 4.78 is 15.6. The summed E-state index contributed by atoms with van der Waals surface area (Å²) in [4.78, 5) is 35.1. The first-order valence-corrected chi connectivity index (χ1v) is 7.70. The van der Waals surface area contributed by atoms with Crippen LogP contribution in [0, 0.1) is 10.1 Å². The summed E-state index contributed by atoms with van der Waals surface area (Å²) in [6.45, 7) is 0.108. The zero-order chi connectivity index (χ0) is 17.0. The van der Waals surface area contributed by atoms with Crippen LogP contribution in [0.5, 0.6) is 0 Å². The molecule has 0 fully saturated rings. The molecule has 5 nitrogen and oxygen atoms in total. The summed E-state index contributed by atoms with van der Waals surface area (Å²) in [6, 6.07) is 10.6. The van der Waals surface area contributed by atoms with Gasteiger partial charge in [-0.15, -0.1) is 11.3 Å². The van der Waals surface area contributed by atoms with E-state index < -0.39 is 34.6 Å². The maximum absolute atomic E-state index is 15.6. The second-order valence-corrected chi connectivity index (χ2v) is 6.03. The van der Waals surface area contributed by atoms with Crippen LogP contribution in [-0.2, 0) is 4.79 Å². The summed E-state index contributed by atoms with van der Waals surface area (Å²) in [5.41, 5.74) is -2.96. The SMILES string of the molecule is CC(=O)[C@](F)(C(=O)c1ccccc1)[C@H](C[N+](=O)[O-])c1cccs1. The quantitative estimate of drug-likeness (QED) is 0.337. The zero-order valence-corrected chi connectivity index (χ0v) is 13.1. The molecule has 0 radical (unpaired) electrons. The molecule has 0 aliphatic heterocycles. The Morgan fingerprint density at radius 2 is 1.91 bits per heavy atom. The Kier molecular flexibility index (Phi) is 5.00. The molecule has 0 spiro atoms. The molecular weight excluding hydrogens is 321 g/mol. The van der Waals surface area contributed by atoms with Gasteiger partial charge in [0.25, 0.3) is 0 Å². The highest BCUT2D eigenvalue weighted by atomic mass is 32.1. The Morgan fingerprint density at radius 3 is 2.39 bits per heavy atom. The second kappa shape index (κ2) is 6.78. The van der Waals surface area contributed by atoms with Gasteiger partial charge in [-0.25, -0.2) is 4.39 Å². The normalized spacial score (nSPS) is 14.7. The van der Waals surface area contributed by atoms with Crippen molar-refractivity contribution in [2.24, 2.45) is 0 Å². The number of nitro groups is 1. The van der Waals surface area contributed by atoms with E-state index in [2.05, 4.69) is 0 Å². The van der Waals surface area contributed by atoms with E-state index in [0.29, 0.717) is 4.88 Å². The van der Waals surface area contributed by atoms with Crippen molar-refractivity contribution in [2.75, 3.05) is 6.54 Å². The average molecular weight is 335 g/mol. The molecular formula is C16H14FNO4S. The molecule has 120 valence electrons. The molecule has 0 unspecified atom stereocenters. The number of Topliss-reactive ketones (excluding diaryl/α,β-unsaturated/α-hetero) is 2. The first-order valence-electron chi connectivity index (χ1n) is 6.82. The van der Waals surface area contributed by atoms with Gasteiger partial charge in [0.1, 0.15) is 5.92 Å². The third-order valence-electron chi connectivity index (χ3n) is 3.58. The minimum Gasteiger partial charge on any atom is -0.296 e. The highest BCUT2D eigenvalue weighted by molar-refractivity contribution is 7.10. The lowest BCUT2D eigenvalue weighted by atomic mass is 9.79. The molecule has 0 bridgehead atoms. The Bertz CT molecular complexity index is 717. The van der Waals surface area contributed by atoms with Gasteiger partial charge in [-0.3, -0.25) is 19.7 Å². The molecule has 0 aliphatic carbocycles. The van der Waals surface area contributed by atoms with Gasteiger partial charge >= 0.3 is 0 Å². The monoisotopic (exact) mass is 335 g/mol. The lowest BCUT2D eigenvalue weighted by Crippen LogP contribution is -2.48. The van der Waals surface area contributed by atoms with E-state index in [1.807, 2.05) is 0 Å². The molecule has 2 atom stereocenters. The van der Waals surface area contributed by atoms with Crippen LogP contribution in [0.1, 0.15) is 28.1 Å². The smallest absolute Gasteiger partial charge is 0.244 e. The molecule has 0 saturated carbocycles. The van der Waals surface area contributed by atoms with Gasteiger partial charge in [-0.05, 0) is 18.4 Å². The van der Waals surface area contributed by atoms with E-state index in [9.17, 15) is 19.7 Å². The van der Waals surface area contributed by atoms with Gasteiger partial charge < -0.3 is 0 Å². The third-order valence-corrected chi connectivity index (χ3v) is 4.56. The number of nitrogens with zero attached hydrogens (tertiary/aromatic N) is 1. The van der Waals surface area contributed by atoms with Crippen LogP contribution in [0.25, 0.3) is 0 Å². The first kappa shape index (κ1) is 17.0. The number of rotatable bonds is 7. The van der Waals surface area contributed by atoms with Crippen LogP contribution >= 0.6 is 11.3 Å². The standard InChI is InChI=1S/C16H14FNO4S/c1-11(19)16(17,15(20)12-6-3-2-4-7-12)13(10-18(21)22)14-8-5-9-23-14/h2-9,13H,10H2,1H3/t13-,16-/m1/s1. The maximum atomic E-state index is 15.6. The molecule has 7 heteroatoms. The van der Waals surface area contributed by atoms with Crippen LogP contribution < -0.4 is 0 Å². The molecule has 0 saturated heterocycles. The van der Waals surface area contributed by atoms with Gasteiger partial charge in [-0.2, -0.15) is 0 Å². The van der Waals surface area contributed by atoms with E-state index in [4.69, 9.17) is 0 Å². The Hall–Kier alpha value is -2.41. The van der Waals surface area contributed by atoms with E-state index in [0.717, 1.165) is 18.3 Å². The Morgan fingerprint density at radius 1 is 1.26 bits per heavy atom. The van der Waals surface area contributed by atoms with Crippen LogP contribution in [0.2, 0.25) is 0 Å². The molecule has 1 aromatic carbocycles.